The second-order valence-electron chi connectivity index (χ2n) is 6.82. The van der Waals surface area contributed by atoms with Crippen molar-refractivity contribution in [2.75, 3.05) is 19.6 Å². The number of hydrogen-bond acceptors (Lipinski definition) is 3. The molecule has 3 rings (SSSR count). The highest BCUT2D eigenvalue weighted by Gasteiger charge is 2.37. The summed E-state index contributed by atoms with van der Waals surface area (Å²) in [6.45, 7) is 4.62. The predicted octanol–water partition coefficient (Wildman–Crippen LogP) is 1.29. The normalized spacial score (nSPS) is 22.7. The van der Waals surface area contributed by atoms with Crippen LogP contribution in [0.5, 0.6) is 0 Å². The number of piperidine rings is 1. The number of nitrogens with zero attached hydrogens (tertiary/aromatic N) is 2. The Morgan fingerprint density at radius 1 is 1.22 bits per heavy atom. The molecule has 5 heteroatoms. The van der Waals surface area contributed by atoms with Crippen LogP contribution < -0.4 is 5.73 Å². The molecule has 0 bridgehead atoms. The maximum absolute atomic E-state index is 12.6. The van der Waals surface area contributed by atoms with Crippen LogP contribution in [0, 0.1) is 12.8 Å². The Bertz CT molecular complexity index is 576. The first-order valence-electron chi connectivity index (χ1n) is 8.40. The van der Waals surface area contributed by atoms with E-state index >= 15 is 0 Å². The van der Waals surface area contributed by atoms with E-state index in [9.17, 15) is 9.59 Å². The number of aryl methyl sites for hydroxylation is 1. The highest BCUT2D eigenvalue weighted by Crippen LogP contribution is 2.23. The molecule has 2 aliphatic rings. The number of amides is 2. The van der Waals surface area contributed by atoms with Crippen LogP contribution in [-0.2, 0) is 16.1 Å². The first-order chi connectivity index (χ1) is 11.0. The molecule has 2 N–H and O–H groups in total. The minimum atomic E-state index is -0.192. The average molecular weight is 315 g/mol. The van der Waals surface area contributed by atoms with Gasteiger partial charge >= 0.3 is 0 Å². The standard InChI is InChI=1S/C18H25N3O2/c1-13-2-4-14(5-3-13)11-21-12-15(10-17(21)22)18(23)20-8-6-16(19)7-9-20/h2-5,15-16H,6-12,19H2,1H3. The third-order valence-corrected chi connectivity index (χ3v) is 4.91. The lowest BCUT2D eigenvalue weighted by molar-refractivity contribution is -0.136. The highest BCUT2D eigenvalue weighted by molar-refractivity contribution is 5.89. The summed E-state index contributed by atoms with van der Waals surface area (Å²) in [7, 11) is 0. The molecule has 1 aromatic carbocycles. The van der Waals surface area contributed by atoms with Gasteiger partial charge in [-0.1, -0.05) is 29.8 Å². The van der Waals surface area contributed by atoms with Crippen LogP contribution in [-0.4, -0.2) is 47.3 Å². The second kappa shape index (κ2) is 6.71. The maximum atomic E-state index is 12.6. The van der Waals surface area contributed by atoms with E-state index in [1.807, 2.05) is 28.9 Å². The summed E-state index contributed by atoms with van der Waals surface area (Å²) in [6, 6.07) is 8.40. The highest BCUT2D eigenvalue weighted by atomic mass is 16.2. The number of rotatable bonds is 3. The summed E-state index contributed by atoms with van der Waals surface area (Å²) in [4.78, 5) is 28.5. The van der Waals surface area contributed by atoms with E-state index in [0.717, 1.165) is 31.5 Å². The lowest BCUT2D eigenvalue weighted by atomic mass is 10.0. The van der Waals surface area contributed by atoms with Crippen molar-refractivity contribution in [3.8, 4) is 0 Å². The summed E-state index contributed by atoms with van der Waals surface area (Å²) in [5.74, 6) is 0.0107. The van der Waals surface area contributed by atoms with Gasteiger partial charge in [0.1, 0.15) is 0 Å². The van der Waals surface area contributed by atoms with Crippen LogP contribution in [0.3, 0.4) is 0 Å². The summed E-state index contributed by atoms with van der Waals surface area (Å²) in [5, 5.41) is 0. The van der Waals surface area contributed by atoms with Crippen molar-refractivity contribution < 1.29 is 9.59 Å². The first kappa shape index (κ1) is 16.0. The van der Waals surface area contributed by atoms with E-state index in [1.54, 1.807) is 0 Å². The van der Waals surface area contributed by atoms with Crippen LogP contribution >= 0.6 is 0 Å². The molecule has 2 saturated heterocycles. The van der Waals surface area contributed by atoms with Crippen molar-refractivity contribution >= 4 is 11.8 Å². The zero-order valence-electron chi connectivity index (χ0n) is 13.7. The van der Waals surface area contributed by atoms with Crippen molar-refractivity contribution in [3.05, 3.63) is 35.4 Å². The first-order valence-corrected chi connectivity index (χ1v) is 8.40. The SMILES string of the molecule is Cc1ccc(CN2CC(C(=O)N3CCC(N)CC3)CC2=O)cc1. The van der Waals surface area contributed by atoms with Gasteiger partial charge in [-0.3, -0.25) is 9.59 Å². The van der Waals surface area contributed by atoms with E-state index in [1.165, 1.54) is 5.56 Å². The van der Waals surface area contributed by atoms with Crippen molar-refractivity contribution in [1.29, 1.82) is 0 Å². The molecule has 0 aliphatic carbocycles. The molecule has 1 atom stereocenters. The van der Waals surface area contributed by atoms with Gasteiger partial charge in [0.15, 0.2) is 0 Å². The molecule has 0 radical (unpaired) electrons. The number of benzene rings is 1. The largest absolute Gasteiger partial charge is 0.342 e. The van der Waals surface area contributed by atoms with Crippen LogP contribution in [0.25, 0.3) is 0 Å². The Kier molecular flexibility index (Phi) is 4.66. The van der Waals surface area contributed by atoms with Crippen LogP contribution in [0.15, 0.2) is 24.3 Å². The van der Waals surface area contributed by atoms with Crippen molar-refractivity contribution in [3.63, 3.8) is 0 Å². The van der Waals surface area contributed by atoms with Gasteiger partial charge in [0.2, 0.25) is 11.8 Å². The van der Waals surface area contributed by atoms with E-state index in [2.05, 4.69) is 12.1 Å². The summed E-state index contributed by atoms with van der Waals surface area (Å²) in [5.41, 5.74) is 8.21. The van der Waals surface area contributed by atoms with Crippen LogP contribution in [0.2, 0.25) is 0 Å². The Labute approximate surface area is 137 Å². The molecule has 0 aromatic heterocycles. The third-order valence-electron chi connectivity index (χ3n) is 4.91. The minimum Gasteiger partial charge on any atom is -0.342 e. The smallest absolute Gasteiger partial charge is 0.227 e. The zero-order chi connectivity index (χ0) is 16.4. The molecule has 2 aliphatic heterocycles. The van der Waals surface area contributed by atoms with Gasteiger partial charge in [0.05, 0.1) is 5.92 Å². The molecule has 2 fully saturated rings. The van der Waals surface area contributed by atoms with Gasteiger partial charge in [0.25, 0.3) is 0 Å². The second-order valence-corrected chi connectivity index (χ2v) is 6.82. The predicted molar refractivity (Wildman–Crippen MR) is 88.5 cm³/mol. The number of likely N-dealkylation sites (tertiary alicyclic amines) is 2. The molecule has 0 saturated carbocycles. The fourth-order valence-corrected chi connectivity index (χ4v) is 3.38. The van der Waals surface area contributed by atoms with Gasteiger partial charge in [-0.15, -0.1) is 0 Å². The number of nitrogens with two attached hydrogens (primary N) is 1. The average Bonchev–Trinajstić information content (AvgIpc) is 2.91. The molecule has 2 amide bonds. The molecule has 5 nitrogen and oxygen atoms in total. The van der Waals surface area contributed by atoms with Gasteiger partial charge in [0, 0.05) is 38.6 Å². The van der Waals surface area contributed by atoms with E-state index in [-0.39, 0.29) is 23.8 Å². The number of hydrogen-bond donors (Lipinski definition) is 1. The molecular weight excluding hydrogens is 290 g/mol. The Morgan fingerprint density at radius 2 is 1.87 bits per heavy atom. The molecule has 1 unspecified atom stereocenters. The minimum absolute atomic E-state index is 0.0811. The third kappa shape index (κ3) is 3.72. The number of carbonyl (C=O) groups excluding carboxylic acids is 2. The fourth-order valence-electron chi connectivity index (χ4n) is 3.38. The van der Waals surface area contributed by atoms with Gasteiger partial charge in [-0.25, -0.2) is 0 Å². The van der Waals surface area contributed by atoms with Crippen molar-refractivity contribution in [2.24, 2.45) is 11.7 Å². The maximum Gasteiger partial charge on any atom is 0.227 e. The van der Waals surface area contributed by atoms with E-state index in [0.29, 0.717) is 19.5 Å². The number of carbonyl (C=O) groups is 2. The summed E-state index contributed by atoms with van der Waals surface area (Å²) in [6.07, 6.45) is 2.06. The molecular formula is C18H25N3O2. The molecule has 124 valence electrons. The van der Waals surface area contributed by atoms with Gasteiger partial charge in [-0.05, 0) is 25.3 Å². The summed E-state index contributed by atoms with van der Waals surface area (Å²) < 4.78 is 0. The van der Waals surface area contributed by atoms with Crippen molar-refractivity contribution in [2.45, 2.75) is 38.8 Å². The van der Waals surface area contributed by atoms with Crippen LogP contribution in [0.4, 0.5) is 0 Å². The monoisotopic (exact) mass is 315 g/mol. The Hall–Kier alpha value is -1.88. The van der Waals surface area contributed by atoms with E-state index < -0.39 is 0 Å². The quantitative estimate of drug-likeness (QED) is 0.914. The van der Waals surface area contributed by atoms with Crippen LogP contribution in [0.1, 0.15) is 30.4 Å². The Morgan fingerprint density at radius 3 is 2.52 bits per heavy atom. The Balaban J connectivity index is 1.58. The van der Waals surface area contributed by atoms with Crippen molar-refractivity contribution in [1.82, 2.24) is 9.80 Å². The zero-order valence-corrected chi connectivity index (χ0v) is 13.7. The van der Waals surface area contributed by atoms with E-state index in [4.69, 9.17) is 5.73 Å². The van der Waals surface area contributed by atoms with Gasteiger partial charge < -0.3 is 15.5 Å². The lowest BCUT2D eigenvalue weighted by Gasteiger charge is -2.31. The molecule has 2 heterocycles. The fraction of sp³-hybridized carbons (Fsp3) is 0.556. The molecule has 1 aromatic rings. The lowest BCUT2D eigenvalue weighted by Crippen LogP contribution is -2.45. The van der Waals surface area contributed by atoms with Gasteiger partial charge in [-0.2, -0.15) is 0 Å². The molecule has 0 spiro atoms. The molecule has 23 heavy (non-hydrogen) atoms. The topological polar surface area (TPSA) is 66.6 Å². The summed E-state index contributed by atoms with van der Waals surface area (Å²) >= 11 is 0.